The average molecular weight is 1260 g/mol. The molecule has 3 aliphatic heterocycles. The molecule has 4 aliphatic rings. The summed E-state index contributed by atoms with van der Waals surface area (Å²) in [6.07, 6.45) is 17.9. The number of phenolic OH excluding ortho intramolecular Hbond substituents is 1. The van der Waals surface area contributed by atoms with Crippen LogP contribution >= 0.6 is 0 Å². The smallest absolute Gasteiger partial charge is 0.246 e. The van der Waals surface area contributed by atoms with Crippen LogP contribution in [0.2, 0.25) is 0 Å². The lowest BCUT2D eigenvalue weighted by Gasteiger charge is -2.27. The minimum Gasteiger partial charge on any atom is -0.545 e. The lowest BCUT2D eigenvalue weighted by molar-refractivity contribution is -0.401. The summed E-state index contributed by atoms with van der Waals surface area (Å²) in [6, 6.07) is 42.2. The zero-order valence-electron chi connectivity index (χ0n) is 55.8. The standard InChI is InChI=1S/C53H69N5O6.C24H22N2O3/c1-39(59)54-35-37-64-38-50(62)56-45(51(63)55-34-33-40-29-31-42(61)32-30-40)24-12-7-10-20-41(60)21-11-9-19-36-58-47-26-18-16-23-44(47)53(4,5)49(58)28-14-8-13-27-48-52(2,3)43-22-15-17-25-46(43)57(48)6;1-25(2)15-9-11-19-21(13-15)29-22-14-16(26(3)4)10-12-20(22)23(19)17-7-5-6-8-18(17)24(27)28/h8,13-18,22-23,25-32,45H,7,9-12,19-21,24,33-38H2,1-6H3,(H3-,54,55,56,59,61,62,63);5-14H,1-4H3/p+1. The van der Waals surface area contributed by atoms with E-state index >= 15 is 0 Å². The number of nitrogens with one attached hydrogen (secondary N) is 3. The van der Waals surface area contributed by atoms with E-state index in [0.717, 1.165) is 71.8 Å². The van der Waals surface area contributed by atoms with Crippen LogP contribution in [-0.2, 0) is 41.2 Å². The Morgan fingerprint density at radius 3 is 2.16 bits per heavy atom. The fourth-order valence-corrected chi connectivity index (χ4v) is 12.5. The number of fused-ring (bicyclic) bond motifs is 4. The minimum absolute atomic E-state index is 0.0654. The summed E-state index contributed by atoms with van der Waals surface area (Å²) in [4.78, 5) is 66.1. The lowest BCUT2D eigenvalue weighted by Crippen LogP contribution is -2.48. The van der Waals surface area contributed by atoms with Crippen LogP contribution in [-0.4, -0.2) is 119 Å². The van der Waals surface area contributed by atoms with Crippen molar-refractivity contribution < 1.29 is 47.9 Å². The molecule has 0 saturated heterocycles. The number of aromatic carboxylic acids is 1. The Labute approximate surface area is 548 Å². The van der Waals surface area contributed by atoms with Crippen molar-refractivity contribution in [3.63, 3.8) is 0 Å². The highest BCUT2D eigenvalue weighted by atomic mass is 16.5. The second-order valence-corrected chi connectivity index (χ2v) is 25.4. The highest BCUT2D eigenvalue weighted by Gasteiger charge is 2.43. The first kappa shape index (κ1) is 69.5. The Kier molecular flexibility index (Phi) is 24.1. The first-order valence-corrected chi connectivity index (χ1v) is 32.4. The number of ketones is 1. The predicted molar refractivity (Wildman–Crippen MR) is 370 cm³/mol. The van der Waals surface area contributed by atoms with E-state index in [1.54, 1.807) is 36.4 Å². The van der Waals surface area contributed by atoms with Crippen molar-refractivity contribution in [3.05, 3.63) is 197 Å². The van der Waals surface area contributed by atoms with Gasteiger partial charge in [0, 0.05) is 128 Å². The summed E-state index contributed by atoms with van der Waals surface area (Å²) in [5, 5.41) is 31.5. The van der Waals surface area contributed by atoms with Crippen molar-refractivity contribution >= 4 is 63.2 Å². The predicted octanol–water partition coefficient (Wildman–Crippen LogP) is 10.9. The molecule has 4 N–H and O–H groups in total. The number of amides is 3. The number of allylic oxidation sites excluding steroid dienone is 6. The van der Waals surface area contributed by atoms with Crippen molar-refractivity contribution in [2.45, 2.75) is 116 Å². The molecule has 0 spiro atoms. The first-order valence-electron chi connectivity index (χ1n) is 32.4. The van der Waals surface area contributed by atoms with Gasteiger partial charge in [0.15, 0.2) is 5.71 Å². The second-order valence-electron chi connectivity index (χ2n) is 25.4. The van der Waals surface area contributed by atoms with Crippen LogP contribution in [0.5, 0.6) is 5.75 Å². The molecule has 16 nitrogen and oxygen atoms in total. The van der Waals surface area contributed by atoms with E-state index in [1.165, 1.54) is 40.8 Å². The van der Waals surface area contributed by atoms with E-state index in [2.05, 4.69) is 139 Å². The Bertz CT molecular complexity index is 3980. The van der Waals surface area contributed by atoms with Gasteiger partial charge in [0.1, 0.15) is 56.7 Å². The van der Waals surface area contributed by atoms with Crippen molar-refractivity contribution in [3.8, 4) is 28.2 Å². The average Bonchev–Trinajstić information content (AvgIpc) is 1.56. The third-order valence-electron chi connectivity index (χ3n) is 17.5. The van der Waals surface area contributed by atoms with E-state index < -0.39 is 17.9 Å². The molecule has 1 unspecified atom stereocenters. The summed E-state index contributed by atoms with van der Waals surface area (Å²) in [7, 11) is 10.0. The molecule has 3 heterocycles. The molecule has 1 aliphatic carbocycles. The van der Waals surface area contributed by atoms with E-state index in [1.807, 2.05) is 86.2 Å². The molecule has 0 aromatic heterocycles. The second kappa shape index (κ2) is 32.2. The quantitative estimate of drug-likeness (QED) is 0.0157. The molecule has 3 amide bonds. The van der Waals surface area contributed by atoms with Gasteiger partial charge in [-0.2, -0.15) is 4.58 Å². The number of hydrogen-bond donors (Lipinski definition) is 4. The Balaban J connectivity index is 0.000000316. The van der Waals surface area contributed by atoms with E-state index in [-0.39, 0.29) is 59.5 Å². The summed E-state index contributed by atoms with van der Waals surface area (Å²) >= 11 is 0. The maximum atomic E-state index is 13.2. The number of hydrogen-bond acceptors (Lipinski definition) is 11. The molecule has 5 aromatic rings. The number of unbranched alkanes of at least 4 members (excludes halogenated alkanes) is 4. The summed E-state index contributed by atoms with van der Waals surface area (Å²) < 4.78 is 15.9. The van der Waals surface area contributed by atoms with Crippen molar-refractivity contribution in [1.29, 1.82) is 0 Å². The normalized spacial score (nSPS) is 14.5. The van der Waals surface area contributed by atoms with Gasteiger partial charge in [-0.15, -0.1) is 0 Å². The third kappa shape index (κ3) is 17.8. The summed E-state index contributed by atoms with van der Waals surface area (Å²) in [5.74, 6) is -0.933. The number of ether oxygens (including phenoxy) is 1. The van der Waals surface area contributed by atoms with Gasteiger partial charge in [-0.1, -0.05) is 124 Å². The Hall–Kier alpha value is -9.41. The maximum Gasteiger partial charge on any atom is 0.246 e. The van der Waals surface area contributed by atoms with Crippen LogP contribution < -0.4 is 40.8 Å². The number of aromatic hydroxyl groups is 1. The lowest BCUT2D eigenvalue weighted by atomic mass is 9.81. The molecule has 488 valence electrons. The number of Topliss-reactive ketones (excluding diaryl/α,β-unsaturated/α-hetero) is 1. The molecule has 5 aromatic carbocycles. The van der Waals surface area contributed by atoms with Crippen molar-refractivity contribution in [1.82, 2.24) is 20.5 Å². The Morgan fingerprint density at radius 2 is 1.45 bits per heavy atom. The molecule has 0 fully saturated rings. The topological polar surface area (TPSA) is 200 Å². The summed E-state index contributed by atoms with van der Waals surface area (Å²) in [6.45, 7) is 12.1. The number of carboxylic acid groups (broad SMARTS) is 1. The van der Waals surface area contributed by atoms with Gasteiger partial charge in [0.05, 0.1) is 24.1 Å². The van der Waals surface area contributed by atoms with Crippen molar-refractivity contribution in [2.75, 3.05) is 77.9 Å². The number of para-hydroxylation sites is 2. The first-order chi connectivity index (χ1) is 44.6. The van der Waals surface area contributed by atoms with Gasteiger partial charge in [-0.25, -0.2) is 4.58 Å². The number of phenols is 1. The number of nitrogens with zero attached hydrogens (tertiary/aromatic N) is 4. The van der Waals surface area contributed by atoms with Crippen LogP contribution in [0.4, 0.5) is 17.1 Å². The molecule has 0 bridgehead atoms. The highest BCUT2D eigenvalue weighted by Crippen LogP contribution is 2.48. The zero-order valence-corrected chi connectivity index (χ0v) is 55.8. The maximum absolute atomic E-state index is 13.2. The van der Waals surface area contributed by atoms with Gasteiger partial charge in [0.2, 0.25) is 28.8 Å². The molecule has 93 heavy (non-hydrogen) atoms. The van der Waals surface area contributed by atoms with Crippen LogP contribution in [0, 0.1) is 0 Å². The van der Waals surface area contributed by atoms with E-state index in [0.29, 0.717) is 55.6 Å². The van der Waals surface area contributed by atoms with E-state index in [4.69, 9.17) is 9.15 Å². The molecule has 1 atom stereocenters. The summed E-state index contributed by atoms with van der Waals surface area (Å²) in [5.41, 5.74) is 12.7. The van der Waals surface area contributed by atoms with Crippen LogP contribution in [0.3, 0.4) is 0 Å². The monoisotopic (exact) mass is 1260 g/mol. The van der Waals surface area contributed by atoms with E-state index in [9.17, 15) is 34.2 Å². The molecule has 0 radical (unpaired) electrons. The number of carboxylic acids is 1. The molecule has 16 heteroatoms. The number of benzene rings is 6. The fourth-order valence-electron chi connectivity index (χ4n) is 12.5. The van der Waals surface area contributed by atoms with Gasteiger partial charge < -0.3 is 49.9 Å². The van der Waals surface area contributed by atoms with Gasteiger partial charge in [-0.05, 0) is 105 Å². The third-order valence-corrected chi connectivity index (χ3v) is 17.5. The minimum atomic E-state index is -1.20. The van der Waals surface area contributed by atoms with Gasteiger partial charge in [-0.3, -0.25) is 19.2 Å². The molecular formula is C77H92N7O9+. The fraction of sp³-hybridized carbons (Fsp3) is 0.364. The van der Waals surface area contributed by atoms with Crippen LogP contribution in [0.15, 0.2) is 174 Å². The number of anilines is 2. The molecule has 9 rings (SSSR count). The van der Waals surface area contributed by atoms with Crippen LogP contribution in [0.1, 0.15) is 119 Å². The number of carbonyl (C=O) groups is 5. The molecule has 0 saturated carbocycles. The largest absolute Gasteiger partial charge is 0.545 e. The van der Waals surface area contributed by atoms with Crippen molar-refractivity contribution in [2.24, 2.45) is 0 Å². The zero-order chi connectivity index (χ0) is 66.8. The van der Waals surface area contributed by atoms with Gasteiger partial charge >= 0.3 is 0 Å². The Morgan fingerprint density at radius 1 is 0.753 bits per heavy atom. The van der Waals surface area contributed by atoms with Gasteiger partial charge in [0.25, 0.3) is 0 Å². The number of rotatable bonds is 28. The molecular weight excluding hydrogens is 1170 g/mol. The highest BCUT2D eigenvalue weighted by molar-refractivity contribution is 6.07. The number of carbonyl (C=O) groups excluding carboxylic acids is 5. The SMILES string of the molecule is CC(=O)NCCOCC(=O)NC(CCCCCC(=O)CCCCCN1C(=CC=CC=CC2=[N+](C)c3ccccc3C2(C)C)C(C)(C)c2ccccc21)C(=O)NCCc1ccc(O)cc1.CN(C)c1ccc2c(-c3ccccc3C(=O)[O-])c3ccc(=[N+](C)C)cc-3oc2c1. The van der Waals surface area contributed by atoms with Crippen LogP contribution in [0.25, 0.3) is 33.4 Å².